The Morgan fingerprint density at radius 2 is 1.91 bits per heavy atom. The molecule has 0 bridgehead atoms. The van der Waals surface area contributed by atoms with Crippen molar-refractivity contribution in [1.29, 1.82) is 0 Å². The van der Waals surface area contributed by atoms with Crippen LogP contribution in [0.2, 0.25) is 0 Å². The molecule has 0 aliphatic carbocycles. The zero-order valence-corrected chi connectivity index (χ0v) is 13.5. The Bertz CT molecular complexity index is 617. The monoisotopic (exact) mass is 347 g/mol. The lowest BCUT2D eigenvalue weighted by molar-refractivity contribution is -0.165. The van der Waals surface area contributed by atoms with E-state index in [0.29, 0.717) is 0 Å². The molecule has 9 heteroatoms. The molecule has 122 valence electrons. The molecule has 22 heavy (non-hydrogen) atoms. The van der Waals surface area contributed by atoms with Crippen LogP contribution >= 0.6 is 12.6 Å². The highest BCUT2D eigenvalue weighted by Gasteiger charge is 2.27. The normalized spacial score (nSPS) is 14.1. The van der Waals surface area contributed by atoms with Crippen molar-refractivity contribution >= 4 is 34.6 Å². The van der Waals surface area contributed by atoms with Crippen LogP contribution < -0.4 is 4.72 Å². The van der Waals surface area contributed by atoms with Gasteiger partial charge in [-0.2, -0.15) is 12.6 Å². The highest BCUT2D eigenvalue weighted by molar-refractivity contribution is 7.89. The van der Waals surface area contributed by atoms with Crippen LogP contribution in [0.3, 0.4) is 0 Å². The number of hydrogen-bond donors (Lipinski definition) is 3. The van der Waals surface area contributed by atoms with E-state index in [1.165, 1.54) is 31.2 Å². The summed E-state index contributed by atoms with van der Waals surface area (Å²) in [6, 6.07) is 7.47. The molecule has 7 nitrogen and oxygen atoms in total. The minimum Gasteiger partial charge on any atom is -0.478 e. The molecule has 0 aromatic heterocycles. The standard InChI is InChI=1S/C13H17NO6S2/c1-9(8-21)13(17)20-11(12(15)16)7-14-22(18,19)10-5-3-2-4-6-10/h2-6,9,11,14,21H,7-8H2,1H3,(H,15,16)/t9-,11?/m1/s1. The Labute approximate surface area is 134 Å². The van der Waals surface area contributed by atoms with E-state index in [2.05, 4.69) is 17.4 Å². The predicted molar refractivity (Wildman–Crippen MR) is 82.2 cm³/mol. The highest BCUT2D eigenvalue weighted by Crippen LogP contribution is 2.08. The second-order valence-electron chi connectivity index (χ2n) is 4.51. The van der Waals surface area contributed by atoms with Gasteiger partial charge in [-0.1, -0.05) is 25.1 Å². The smallest absolute Gasteiger partial charge is 0.346 e. The Morgan fingerprint density at radius 3 is 2.41 bits per heavy atom. The van der Waals surface area contributed by atoms with Crippen LogP contribution in [0.1, 0.15) is 6.92 Å². The van der Waals surface area contributed by atoms with Crippen LogP contribution in [0.15, 0.2) is 35.2 Å². The van der Waals surface area contributed by atoms with Gasteiger partial charge in [0.05, 0.1) is 17.4 Å². The third kappa shape index (κ3) is 5.32. The summed E-state index contributed by atoms with van der Waals surface area (Å²) >= 11 is 3.92. The maximum atomic E-state index is 12.0. The first-order valence-corrected chi connectivity index (χ1v) is 8.48. The second kappa shape index (κ2) is 8.16. The Balaban J connectivity index is 2.73. The van der Waals surface area contributed by atoms with Crippen molar-refractivity contribution in [1.82, 2.24) is 4.72 Å². The van der Waals surface area contributed by atoms with Gasteiger partial charge >= 0.3 is 11.9 Å². The van der Waals surface area contributed by atoms with Crippen LogP contribution in [0.5, 0.6) is 0 Å². The molecule has 1 unspecified atom stereocenters. The van der Waals surface area contributed by atoms with Crippen LogP contribution in [-0.2, 0) is 24.3 Å². The Kier molecular flexibility index (Phi) is 6.85. The average Bonchev–Trinajstić information content (AvgIpc) is 2.50. The van der Waals surface area contributed by atoms with Gasteiger partial charge in [-0.3, -0.25) is 4.79 Å². The molecule has 2 N–H and O–H groups in total. The van der Waals surface area contributed by atoms with Gasteiger partial charge in [0.25, 0.3) is 0 Å². The number of carbonyl (C=O) groups excluding carboxylic acids is 1. The van der Waals surface area contributed by atoms with Gasteiger partial charge in [0.15, 0.2) is 0 Å². The van der Waals surface area contributed by atoms with E-state index in [0.717, 1.165) is 0 Å². The zero-order chi connectivity index (χ0) is 16.8. The number of nitrogens with one attached hydrogen (secondary N) is 1. The summed E-state index contributed by atoms with van der Waals surface area (Å²) in [5, 5.41) is 9.01. The van der Waals surface area contributed by atoms with Crippen LogP contribution in [0.4, 0.5) is 0 Å². The maximum Gasteiger partial charge on any atom is 0.346 e. The van der Waals surface area contributed by atoms with E-state index in [-0.39, 0.29) is 10.6 Å². The molecule has 0 saturated heterocycles. The number of esters is 1. The number of rotatable bonds is 8. The number of carboxylic acid groups (broad SMARTS) is 1. The van der Waals surface area contributed by atoms with Gasteiger partial charge in [-0.25, -0.2) is 17.9 Å². The van der Waals surface area contributed by atoms with Crippen LogP contribution in [0, 0.1) is 5.92 Å². The zero-order valence-electron chi connectivity index (χ0n) is 11.8. The Morgan fingerprint density at radius 1 is 1.32 bits per heavy atom. The van der Waals surface area contributed by atoms with Crippen LogP contribution in [0.25, 0.3) is 0 Å². The number of ether oxygens (including phenoxy) is 1. The van der Waals surface area contributed by atoms with Crippen molar-refractivity contribution in [3.8, 4) is 0 Å². The number of hydrogen-bond acceptors (Lipinski definition) is 6. The third-order valence-corrected chi connectivity index (χ3v) is 4.71. The minimum atomic E-state index is -3.87. The lowest BCUT2D eigenvalue weighted by atomic mass is 10.2. The van der Waals surface area contributed by atoms with Gasteiger partial charge in [0.1, 0.15) is 0 Å². The molecule has 1 aromatic rings. The van der Waals surface area contributed by atoms with E-state index >= 15 is 0 Å². The molecule has 0 amide bonds. The molecule has 0 radical (unpaired) electrons. The number of benzene rings is 1. The van der Waals surface area contributed by atoms with Crippen molar-refractivity contribution in [2.24, 2.45) is 5.92 Å². The summed E-state index contributed by atoms with van der Waals surface area (Å²) in [5.74, 6) is -2.58. The highest BCUT2D eigenvalue weighted by atomic mass is 32.2. The molecule has 2 atom stereocenters. The SMILES string of the molecule is C[C@H](CS)C(=O)OC(CNS(=O)(=O)c1ccccc1)C(=O)O. The summed E-state index contributed by atoms with van der Waals surface area (Å²) < 4.78 is 30.9. The molecular weight excluding hydrogens is 330 g/mol. The van der Waals surface area contributed by atoms with Crippen molar-refractivity contribution in [3.63, 3.8) is 0 Å². The van der Waals surface area contributed by atoms with E-state index in [9.17, 15) is 18.0 Å². The van der Waals surface area contributed by atoms with E-state index in [1.54, 1.807) is 6.07 Å². The van der Waals surface area contributed by atoms with Crippen molar-refractivity contribution in [2.75, 3.05) is 12.3 Å². The summed E-state index contributed by atoms with van der Waals surface area (Å²) in [5.41, 5.74) is 0. The van der Waals surface area contributed by atoms with Gasteiger partial charge in [0, 0.05) is 5.75 Å². The lowest BCUT2D eigenvalue weighted by Crippen LogP contribution is -2.40. The molecular formula is C13H17NO6S2. The van der Waals surface area contributed by atoms with E-state index in [4.69, 9.17) is 9.84 Å². The van der Waals surface area contributed by atoms with Crippen molar-refractivity contribution in [3.05, 3.63) is 30.3 Å². The topological polar surface area (TPSA) is 110 Å². The van der Waals surface area contributed by atoms with Crippen molar-refractivity contribution in [2.45, 2.75) is 17.9 Å². The molecule has 0 aliphatic heterocycles. The number of aliphatic carboxylic acids is 1. The minimum absolute atomic E-state index is 0.00538. The molecule has 0 saturated carbocycles. The number of carbonyl (C=O) groups is 2. The van der Waals surface area contributed by atoms with Gasteiger partial charge < -0.3 is 9.84 Å². The lowest BCUT2D eigenvalue weighted by Gasteiger charge is -2.16. The first-order valence-electron chi connectivity index (χ1n) is 6.36. The second-order valence-corrected chi connectivity index (χ2v) is 6.64. The fourth-order valence-electron chi connectivity index (χ4n) is 1.38. The van der Waals surface area contributed by atoms with Gasteiger partial charge in [-0.05, 0) is 12.1 Å². The van der Waals surface area contributed by atoms with Gasteiger partial charge in [-0.15, -0.1) is 0 Å². The number of carboxylic acids is 1. The van der Waals surface area contributed by atoms with E-state index in [1.807, 2.05) is 0 Å². The molecule has 0 spiro atoms. The molecule has 0 aliphatic rings. The number of thiol groups is 1. The summed E-state index contributed by atoms with van der Waals surface area (Å²) in [4.78, 5) is 22.6. The number of sulfonamides is 1. The molecule has 0 heterocycles. The largest absolute Gasteiger partial charge is 0.478 e. The van der Waals surface area contributed by atoms with Gasteiger partial charge in [0.2, 0.25) is 16.1 Å². The molecule has 1 aromatic carbocycles. The Hall–Kier alpha value is -1.58. The predicted octanol–water partition coefficient (Wildman–Crippen LogP) is 0.527. The summed E-state index contributed by atoms with van der Waals surface area (Å²) in [7, 11) is -3.87. The van der Waals surface area contributed by atoms with Crippen LogP contribution in [-0.4, -0.2) is 43.9 Å². The fraction of sp³-hybridized carbons (Fsp3) is 0.385. The van der Waals surface area contributed by atoms with Crippen molar-refractivity contribution < 1.29 is 27.9 Å². The first-order chi connectivity index (χ1) is 10.3. The first kappa shape index (κ1) is 18.5. The molecule has 1 rings (SSSR count). The quantitative estimate of drug-likeness (QED) is 0.467. The summed E-state index contributed by atoms with van der Waals surface area (Å²) in [6.45, 7) is 0.972. The maximum absolute atomic E-state index is 12.0. The fourth-order valence-corrected chi connectivity index (χ4v) is 2.58. The summed E-state index contributed by atoms with van der Waals surface area (Å²) in [6.07, 6.45) is -1.60. The third-order valence-electron chi connectivity index (χ3n) is 2.72. The average molecular weight is 347 g/mol. The van der Waals surface area contributed by atoms with E-state index < -0.39 is 40.5 Å². The molecule has 0 fully saturated rings.